The molecule has 0 fully saturated rings. The van der Waals surface area contributed by atoms with Crippen molar-refractivity contribution in [3.63, 3.8) is 0 Å². The first-order chi connectivity index (χ1) is 14.5. The van der Waals surface area contributed by atoms with Crippen LogP contribution in [0.5, 0.6) is 0 Å². The number of thiocarbonyl (C=S) groups is 1. The van der Waals surface area contributed by atoms with Crippen molar-refractivity contribution in [3.8, 4) is 0 Å². The normalized spacial score (nSPS) is 11.1. The molecule has 0 amide bonds. The molecule has 0 atom stereocenters. The molecule has 3 aromatic carbocycles. The minimum absolute atomic E-state index is 0.0143. The Balaban J connectivity index is 1.41. The molecule has 9 heteroatoms. The van der Waals surface area contributed by atoms with Gasteiger partial charge in [-0.1, -0.05) is 30.3 Å². The number of benzene rings is 3. The van der Waals surface area contributed by atoms with E-state index in [1.54, 1.807) is 18.2 Å². The van der Waals surface area contributed by atoms with E-state index in [0.717, 1.165) is 16.5 Å². The van der Waals surface area contributed by atoms with E-state index in [4.69, 9.17) is 12.2 Å². The zero-order chi connectivity index (χ0) is 21.0. The van der Waals surface area contributed by atoms with Gasteiger partial charge in [-0.05, 0) is 65.5 Å². The topological polar surface area (TPSA) is 96.0 Å². The molecule has 0 aliphatic rings. The number of hydrogen-bond donors (Lipinski definition) is 3. The Labute approximate surface area is 179 Å². The number of fused-ring (bicyclic) bond motifs is 1. The summed E-state index contributed by atoms with van der Waals surface area (Å²) in [6.07, 6.45) is 2.92. The summed E-state index contributed by atoms with van der Waals surface area (Å²) in [6, 6.07) is 21.9. The van der Waals surface area contributed by atoms with Crippen molar-refractivity contribution < 1.29 is 8.42 Å². The summed E-state index contributed by atoms with van der Waals surface area (Å²) >= 11 is 5.36. The number of rotatable bonds is 5. The third-order valence-electron chi connectivity index (χ3n) is 4.22. The van der Waals surface area contributed by atoms with Crippen LogP contribution in [0.2, 0.25) is 0 Å². The summed E-state index contributed by atoms with van der Waals surface area (Å²) in [5, 5.41) is 8.83. The van der Waals surface area contributed by atoms with Gasteiger partial charge in [0.15, 0.2) is 5.11 Å². The van der Waals surface area contributed by atoms with E-state index < -0.39 is 10.0 Å². The van der Waals surface area contributed by atoms with Crippen molar-refractivity contribution in [2.45, 2.75) is 4.90 Å². The molecular weight excluding hydrogens is 418 g/mol. The van der Waals surface area contributed by atoms with Gasteiger partial charge in [0, 0.05) is 23.8 Å². The number of hydrogen-bond acceptors (Lipinski definition) is 5. The maximum absolute atomic E-state index is 12.4. The first-order valence-corrected chi connectivity index (χ1v) is 10.9. The lowest BCUT2D eigenvalue weighted by molar-refractivity contribution is 0.601. The maximum atomic E-state index is 12.4. The van der Waals surface area contributed by atoms with Crippen molar-refractivity contribution in [2.75, 3.05) is 15.4 Å². The van der Waals surface area contributed by atoms with Crippen molar-refractivity contribution in [3.05, 3.63) is 85.2 Å². The van der Waals surface area contributed by atoms with E-state index in [1.807, 2.05) is 42.5 Å². The van der Waals surface area contributed by atoms with Crippen LogP contribution in [0.4, 0.5) is 17.3 Å². The van der Waals surface area contributed by atoms with Gasteiger partial charge in [-0.2, -0.15) is 0 Å². The first kappa shape index (κ1) is 19.7. The molecular formula is C21H17N5O2S2. The third kappa shape index (κ3) is 4.70. The smallest absolute Gasteiger partial charge is 0.264 e. The molecule has 150 valence electrons. The van der Waals surface area contributed by atoms with Crippen molar-refractivity contribution in [1.82, 2.24) is 9.97 Å². The van der Waals surface area contributed by atoms with E-state index in [2.05, 4.69) is 25.3 Å². The fourth-order valence-electron chi connectivity index (χ4n) is 2.81. The predicted molar refractivity (Wildman–Crippen MR) is 123 cm³/mol. The third-order valence-corrected chi connectivity index (χ3v) is 5.77. The Kier molecular flexibility index (Phi) is 5.55. The molecule has 1 heterocycles. The average Bonchev–Trinajstić information content (AvgIpc) is 2.74. The van der Waals surface area contributed by atoms with Gasteiger partial charge in [0.25, 0.3) is 10.0 Å². The van der Waals surface area contributed by atoms with E-state index in [-0.39, 0.29) is 10.8 Å². The second kappa shape index (κ2) is 8.44. The highest BCUT2D eigenvalue weighted by Crippen LogP contribution is 2.20. The van der Waals surface area contributed by atoms with Gasteiger partial charge in [0.1, 0.15) is 0 Å². The predicted octanol–water partition coefficient (Wildman–Crippen LogP) is 4.24. The molecule has 0 aliphatic heterocycles. The van der Waals surface area contributed by atoms with Gasteiger partial charge < -0.3 is 10.6 Å². The molecule has 4 aromatic rings. The van der Waals surface area contributed by atoms with Gasteiger partial charge in [-0.3, -0.25) is 0 Å². The first-order valence-electron chi connectivity index (χ1n) is 8.96. The Morgan fingerprint density at radius 1 is 0.767 bits per heavy atom. The highest BCUT2D eigenvalue weighted by atomic mass is 32.2. The largest absolute Gasteiger partial charge is 0.332 e. The van der Waals surface area contributed by atoms with Crippen LogP contribution in [0, 0.1) is 0 Å². The minimum atomic E-state index is -3.78. The highest BCUT2D eigenvalue weighted by Gasteiger charge is 2.15. The lowest BCUT2D eigenvalue weighted by atomic mass is 10.1. The van der Waals surface area contributed by atoms with Crippen molar-refractivity contribution in [1.29, 1.82) is 0 Å². The maximum Gasteiger partial charge on any atom is 0.264 e. The van der Waals surface area contributed by atoms with E-state index in [1.165, 1.54) is 24.5 Å². The molecule has 0 bridgehead atoms. The van der Waals surface area contributed by atoms with Crippen molar-refractivity contribution in [2.24, 2.45) is 0 Å². The number of anilines is 3. The number of nitrogens with one attached hydrogen (secondary N) is 3. The quantitative estimate of drug-likeness (QED) is 0.404. The fraction of sp³-hybridized carbons (Fsp3) is 0. The zero-order valence-electron chi connectivity index (χ0n) is 15.6. The Bertz CT molecular complexity index is 1290. The van der Waals surface area contributed by atoms with Gasteiger partial charge in [-0.25, -0.2) is 23.1 Å². The molecule has 30 heavy (non-hydrogen) atoms. The van der Waals surface area contributed by atoms with Crippen LogP contribution in [0.1, 0.15) is 0 Å². The minimum Gasteiger partial charge on any atom is -0.332 e. The van der Waals surface area contributed by atoms with Crippen LogP contribution in [0.3, 0.4) is 0 Å². The Morgan fingerprint density at radius 3 is 2.13 bits per heavy atom. The van der Waals surface area contributed by atoms with Gasteiger partial charge in [0.05, 0.1) is 4.90 Å². The highest BCUT2D eigenvalue weighted by molar-refractivity contribution is 7.92. The van der Waals surface area contributed by atoms with Crippen LogP contribution >= 0.6 is 12.2 Å². The van der Waals surface area contributed by atoms with Crippen LogP contribution in [0.15, 0.2) is 90.1 Å². The Morgan fingerprint density at radius 2 is 1.40 bits per heavy atom. The van der Waals surface area contributed by atoms with Crippen LogP contribution in [-0.4, -0.2) is 23.5 Å². The molecule has 4 rings (SSSR count). The van der Waals surface area contributed by atoms with E-state index >= 15 is 0 Å². The standard InChI is InChI=1S/C21H17N5O2S2/c27-30(28,26-20-22-12-3-13-23-20)19-10-8-17(9-11-19)24-21(29)25-18-7-6-15-4-1-2-5-16(15)14-18/h1-14H,(H,22,23,26)(H2,24,25,29). The van der Waals surface area contributed by atoms with Gasteiger partial charge >= 0.3 is 0 Å². The second-order valence-corrected chi connectivity index (χ2v) is 8.43. The molecule has 1 aromatic heterocycles. The van der Waals surface area contributed by atoms with E-state index in [9.17, 15) is 8.42 Å². The zero-order valence-corrected chi connectivity index (χ0v) is 17.2. The second-order valence-electron chi connectivity index (χ2n) is 6.34. The molecule has 0 spiro atoms. The summed E-state index contributed by atoms with van der Waals surface area (Å²) in [7, 11) is -3.78. The summed E-state index contributed by atoms with van der Waals surface area (Å²) < 4.78 is 27.2. The molecule has 0 radical (unpaired) electrons. The van der Waals surface area contributed by atoms with E-state index in [0.29, 0.717) is 10.8 Å². The van der Waals surface area contributed by atoms with Gasteiger partial charge in [-0.15, -0.1) is 0 Å². The van der Waals surface area contributed by atoms with Crippen LogP contribution < -0.4 is 15.4 Å². The summed E-state index contributed by atoms with van der Waals surface area (Å²) in [6.45, 7) is 0. The van der Waals surface area contributed by atoms with Crippen molar-refractivity contribution >= 4 is 55.4 Å². The SMILES string of the molecule is O=S(=O)(Nc1ncccn1)c1ccc(NC(=S)Nc2ccc3ccccc3c2)cc1. The van der Waals surface area contributed by atoms with Crippen LogP contribution in [-0.2, 0) is 10.0 Å². The lowest BCUT2D eigenvalue weighted by Crippen LogP contribution is -2.19. The molecule has 7 nitrogen and oxygen atoms in total. The summed E-state index contributed by atoms with van der Waals surface area (Å²) in [5.74, 6) is 0.0143. The average molecular weight is 436 g/mol. The summed E-state index contributed by atoms with van der Waals surface area (Å²) in [4.78, 5) is 7.82. The number of nitrogens with zero attached hydrogens (tertiary/aromatic N) is 2. The molecule has 0 aliphatic carbocycles. The fourth-order valence-corrected chi connectivity index (χ4v) is 4.00. The number of aromatic nitrogens is 2. The van der Waals surface area contributed by atoms with Gasteiger partial charge in [0.2, 0.25) is 5.95 Å². The molecule has 0 unspecified atom stereocenters. The van der Waals surface area contributed by atoms with Crippen LogP contribution in [0.25, 0.3) is 10.8 Å². The molecule has 0 saturated heterocycles. The summed E-state index contributed by atoms with van der Waals surface area (Å²) in [5.41, 5.74) is 1.51. The monoisotopic (exact) mass is 435 g/mol. The lowest BCUT2D eigenvalue weighted by Gasteiger charge is -2.12. The Hall–Kier alpha value is -3.56. The molecule has 3 N–H and O–H groups in total. The number of sulfonamides is 1. The molecule has 0 saturated carbocycles.